The lowest BCUT2D eigenvalue weighted by Crippen LogP contribution is -2.38. The van der Waals surface area contributed by atoms with Gasteiger partial charge in [0, 0.05) is 19.0 Å². The molecule has 0 saturated carbocycles. The molecule has 9 heteroatoms. The highest BCUT2D eigenvalue weighted by molar-refractivity contribution is 6.21. The number of carbonyl (C=O) groups excluding carboxylic acids is 3. The van der Waals surface area contributed by atoms with Gasteiger partial charge >= 0.3 is 0 Å². The second-order valence-electron chi connectivity index (χ2n) is 6.89. The predicted molar refractivity (Wildman–Crippen MR) is 95.8 cm³/mol. The number of nitrogens with one attached hydrogen (secondary N) is 1. The van der Waals surface area contributed by atoms with E-state index in [0.717, 1.165) is 0 Å². The number of benzene rings is 1. The van der Waals surface area contributed by atoms with E-state index in [2.05, 4.69) is 20.7 Å². The number of hydrogen-bond donors (Lipinski definition) is 1. The van der Waals surface area contributed by atoms with Crippen molar-refractivity contribution in [2.24, 2.45) is 5.92 Å². The van der Waals surface area contributed by atoms with Crippen LogP contribution in [0.5, 0.6) is 0 Å². The summed E-state index contributed by atoms with van der Waals surface area (Å²) in [5.74, 6) is -0.125. The second kappa shape index (κ2) is 7.65. The van der Waals surface area contributed by atoms with Crippen molar-refractivity contribution in [1.82, 2.24) is 30.4 Å². The lowest BCUT2D eigenvalue weighted by molar-refractivity contribution is -0.123. The van der Waals surface area contributed by atoms with Crippen LogP contribution in [0.3, 0.4) is 0 Å². The van der Waals surface area contributed by atoms with Gasteiger partial charge in [-0.3, -0.25) is 19.3 Å². The van der Waals surface area contributed by atoms with E-state index >= 15 is 0 Å². The van der Waals surface area contributed by atoms with Gasteiger partial charge < -0.3 is 5.32 Å². The average molecular weight is 370 g/mol. The molecule has 3 amide bonds. The van der Waals surface area contributed by atoms with Crippen LogP contribution in [-0.4, -0.2) is 55.4 Å². The first-order valence-corrected chi connectivity index (χ1v) is 8.88. The van der Waals surface area contributed by atoms with Crippen molar-refractivity contribution >= 4 is 17.7 Å². The third-order valence-electron chi connectivity index (χ3n) is 4.61. The van der Waals surface area contributed by atoms with Crippen LogP contribution in [0, 0.1) is 5.92 Å². The SMILES string of the molecule is CC(C)[C@H](C)NC(=O)Cn1nnc(CCN2C(=O)c3ccccc3C2=O)n1. The largest absolute Gasteiger partial charge is 0.352 e. The number of carbonyl (C=O) groups is 3. The zero-order valence-electron chi connectivity index (χ0n) is 15.5. The van der Waals surface area contributed by atoms with Crippen molar-refractivity contribution in [2.45, 2.75) is 39.8 Å². The van der Waals surface area contributed by atoms with Crippen LogP contribution >= 0.6 is 0 Å². The molecule has 0 spiro atoms. The van der Waals surface area contributed by atoms with E-state index in [9.17, 15) is 14.4 Å². The van der Waals surface area contributed by atoms with Gasteiger partial charge in [-0.1, -0.05) is 26.0 Å². The monoisotopic (exact) mass is 370 g/mol. The van der Waals surface area contributed by atoms with Crippen molar-refractivity contribution < 1.29 is 14.4 Å². The number of fused-ring (bicyclic) bond motifs is 1. The molecule has 0 fully saturated rings. The lowest BCUT2D eigenvalue weighted by Gasteiger charge is -2.16. The Morgan fingerprint density at radius 2 is 1.74 bits per heavy atom. The summed E-state index contributed by atoms with van der Waals surface area (Å²) in [6.45, 7) is 6.11. The first-order chi connectivity index (χ1) is 12.9. The minimum atomic E-state index is -0.315. The summed E-state index contributed by atoms with van der Waals surface area (Å²) in [6, 6.07) is 6.79. The van der Waals surface area contributed by atoms with Crippen molar-refractivity contribution in [2.75, 3.05) is 6.54 Å². The fraction of sp³-hybridized carbons (Fsp3) is 0.444. The normalized spacial score (nSPS) is 14.6. The van der Waals surface area contributed by atoms with Crippen LogP contribution in [0.25, 0.3) is 0 Å². The van der Waals surface area contributed by atoms with Crippen LogP contribution in [0.1, 0.15) is 47.3 Å². The van der Waals surface area contributed by atoms with Gasteiger partial charge in [0.05, 0.1) is 11.1 Å². The quantitative estimate of drug-likeness (QED) is 0.718. The van der Waals surface area contributed by atoms with Gasteiger partial charge in [0.2, 0.25) is 5.91 Å². The van der Waals surface area contributed by atoms with E-state index < -0.39 is 0 Å². The highest BCUT2D eigenvalue weighted by atomic mass is 16.2. The molecule has 1 aromatic heterocycles. The molecule has 0 bridgehead atoms. The summed E-state index contributed by atoms with van der Waals surface area (Å²) in [7, 11) is 0. The van der Waals surface area contributed by atoms with Crippen molar-refractivity contribution in [3.05, 3.63) is 41.2 Å². The molecule has 1 aliphatic rings. The number of aromatic nitrogens is 4. The Morgan fingerprint density at radius 3 is 2.33 bits per heavy atom. The van der Waals surface area contributed by atoms with Gasteiger partial charge in [0.1, 0.15) is 6.54 Å². The van der Waals surface area contributed by atoms with E-state index in [1.54, 1.807) is 24.3 Å². The molecule has 2 aromatic rings. The van der Waals surface area contributed by atoms with Crippen molar-refractivity contribution in [1.29, 1.82) is 0 Å². The Kier molecular flexibility index (Phi) is 5.29. The van der Waals surface area contributed by atoms with E-state index in [-0.39, 0.29) is 43.3 Å². The van der Waals surface area contributed by atoms with Gasteiger partial charge in [0.25, 0.3) is 11.8 Å². The lowest BCUT2D eigenvalue weighted by atomic mass is 10.1. The van der Waals surface area contributed by atoms with Crippen LogP contribution in [0.4, 0.5) is 0 Å². The van der Waals surface area contributed by atoms with E-state index in [4.69, 9.17) is 0 Å². The summed E-state index contributed by atoms with van der Waals surface area (Å²) >= 11 is 0. The molecule has 142 valence electrons. The number of imide groups is 1. The number of rotatable bonds is 7. The van der Waals surface area contributed by atoms with Crippen LogP contribution in [-0.2, 0) is 17.8 Å². The molecule has 1 aliphatic heterocycles. The molecule has 27 heavy (non-hydrogen) atoms. The van der Waals surface area contributed by atoms with Gasteiger partial charge in [0.15, 0.2) is 5.82 Å². The molecule has 3 rings (SSSR count). The fourth-order valence-electron chi connectivity index (χ4n) is 2.69. The minimum absolute atomic E-state index is 0.0307. The van der Waals surface area contributed by atoms with Crippen molar-refractivity contribution in [3.8, 4) is 0 Å². The Labute approximate surface area is 156 Å². The molecule has 0 radical (unpaired) electrons. The van der Waals surface area contributed by atoms with Crippen LogP contribution in [0.2, 0.25) is 0 Å². The minimum Gasteiger partial charge on any atom is -0.352 e. The number of amides is 3. The highest BCUT2D eigenvalue weighted by Crippen LogP contribution is 2.22. The molecule has 1 N–H and O–H groups in total. The zero-order valence-corrected chi connectivity index (χ0v) is 15.5. The molecule has 0 aliphatic carbocycles. The fourth-order valence-corrected chi connectivity index (χ4v) is 2.69. The van der Waals surface area contributed by atoms with E-state index in [0.29, 0.717) is 22.9 Å². The molecular formula is C18H22N6O3. The summed E-state index contributed by atoms with van der Waals surface area (Å²) in [5, 5.41) is 14.8. The third kappa shape index (κ3) is 4.02. The zero-order chi connectivity index (χ0) is 19.6. The van der Waals surface area contributed by atoms with Crippen LogP contribution in [0.15, 0.2) is 24.3 Å². The van der Waals surface area contributed by atoms with E-state index in [1.807, 2.05) is 20.8 Å². The van der Waals surface area contributed by atoms with Gasteiger partial charge in [-0.2, -0.15) is 4.80 Å². The number of nitrogens with zero attached hydrogens (tertiary/aromatic N) is 5. The molecule has 0 unspecified atom stereocenters. The standard InChI is InChI=1S/C18H22N6O3/c1-11(2)12(3)19-16(25)10-24-21-15(20-22-24)8-9-23-17(26)13-6-4-5-7-14(13)18(23)27/h4-7,11-12H,8-10H2,1-3H3,(H,19,25)/t12-/m0/s1. The smallest absolute Gasteiger partial charge is 0.261 e. The Bertz CT molecular complexity index is 840. The molecule has 1 atom stereocenters. The summed E-state index contributed by atoms with van der Waals surface area (Å²) < 4.78 is 0. The molecule has 0 saturated heterocycles. The Morgan fingerprint density at radius 1 is 1.11 bits per heavy atom. The van der Waals surface area contributed by atoms with Gasteiger partial charge in [-0.15, -0.1) is 10.2 Å². The second-order valence-corrected chi connectivity index (χ2v) is 6.89. The highest BCUT2D eigenvalue weighted by Gasteiger charge is 2.34. The number of hydrogen-bond acceptors (Lipinski definition) is 6. The average Bonchev–Trinajstić information content (AvgIpc) is 3.17. The van der Waals surface area contributed by atoms with E-state index in [1.165, 1.54) is 9.70 Å². The number of tetrazole rings is 1. The molecule has 1 aromatic carbocycles. The maximum atomic E-state index is 12.3. The molecule has 9 nitrogen and oxygen atoms in total. The first kappa shape index (κ1) is 18.7. The summed E-state index contributed by atoms with van der Waals surface area (Å²) in [6.07, 6.45) is 0.273. The maximum Gasteiger partial charge on any atom is 0.261 e. The molecule has 2 heterocycles. The topological polar surface area (TPSA) is 110 Å². The summed E-state index contributed by atoms with van der Waals surface area (Å²) in [4.78, 5) is 39.0. The molecular weight excluding hydrogens is 348 g/mol. The van der Waals surface area contributed by atoms with Crippen molar-refractivity contribution in [3.63, 3.8) is 0 Å². The van der Waals surface area contributed by atoms with Gasteiger partial charge in [-0.25, -0.2) is 0 Å². The van der Waals surface area contributed by atoms with Gasteiger partial charge in [-0.05, 0) is 30.2 Å². The third-order valence-corrected chi connectivity index (χ3v) is 4.61. The predicted octanol–water partition coefficient (Wildman–Crippen LogP) is 0.672. The maximum absolute atomic E-state index is 12.3. The Balaban J connectivity index is 1.55. The first-order valence-electron chi connectivity index (χ1n) is 8.88. The van der Waals surface area contributed by atoms with Crippen LogP contribution < -0.4 is 5.32 Å². The summed E-state index contributed by atoms with van der Waals surface area (Å²) in [5.41, 5.74) is 0.824. The Hall–Kier alpha value is -3.10.